The van der Waals surface area contributed by atoms with Crippen LogP contribution in [0.15, 0.2) is 40.8 Å². The number of aryl methyl sites for hydroxylation is 2. The molecule has 5 rings (SSSR count). The van der Waals surface area contributed by atoms with Crippen LogP contribution in [0, 0.1) is 0 Å². The van der Waals surface area contributed by atoms with Gasteiger partial charge in [-0.1, -0.05) is 6.42 Å². The third kappa shape index (κ3) is 3.40. The largest absolute Gasteiger partial charge is 0.497 e. The van der Waals surface area contributed by atoms with E-state index in [9.17, 15) is 0 Å². The summed E-state index contributed by atoms with van der Waals surface area (Å²) >= 11 is 3.40. The van der Waals surface area contributed by atoms with Gasteiger partial charge in [0.15, 0.2) is 11.0 Å². The van der Waals surface area contributed by atoms with E-state index in [1.807, 2.05) is 47.2 Å². The maximum Gasteiger partial charge on any atom is 0.197 e. The van der Waals surface area contributed by atoms with Crippen LogP contribution >= 0.6 is 23.1 Å². The first kappa shape index (κ1) is 18.6. The van der Waals surface area contributed by atoms with Gasteiger partial charge >= 0.3 is 0 Å². The van der Waals surface area contributed by atoms with Crippen molar-refractivity contribution in [2.45, 2.75) is 42.3 Å². The molecule has 0 atom stereocenters. The highest BCUT2D eigenvalue weighted by molar-refractivity contribution is 7.99. The molecule has 0 saturated heterocycles. The first-order valence-corrected chi connectivity index (χ1v) is 11.3. The van der Waals surface area contributed by atoms with Crippen molar-refractivity contribution in [2.75, 3.05) is 7.11 Å². The summed E-state index contributed by atoms with van der Waals surface area (Å²) in [6.45, 7) is 0. The highest BCUT2D eigenvalue weighted by Gasteiger charge is 2.21. The van der Waals surface area contributed by atoms with Gasteiger partial charge in [-0.25, -0.2) is 9.97 Å². The maximum absolute atomic E-state index is 5.25. The van der Waals surface area contributed by atoms with Crippen molar-refractivity contribution < 1.29 is 4.74 Å². The molecule has 0 aliphatic heterocycles. The molecule has 0 spiro atoms. The number of nitrogens with zero attached hydrogens (tertiary/aromatic N) is 5. The van der Waals surface area contributed by atoms with Gasteiger partial charge in [-0.15, -0.1) is 21.5 Å². The minimum atomic E-state index is 0.824. The Kier molecular flexibility index (Phi) is 4.97. The van der Waals surface area contributed by atoms with Crippen LogP contribution < -0.4 is 4.74 Å². The zero-order valence-corrected chi connectivity index (χ0v) is 18.0. The second-order valence-corrected chi connectivity index (χ2v) is 9.16. The van der Waals surface area contributed by atoms with Crippen LogP contribution in [0.2, 0.25) is 0 Å². The van der Waals surface area contributed by atoms with Gasteiger partial charge in [-0.2, -0.15) is 0 Å². The van der Waals surface area contributed by atoms with Gasteiger partial charge in [0.2, 0.25) is 0 Å². The normalized spacial score (nSPS) is 14.0. The fraction of sp³-hybridized carbons (Fsp3) is 0.333. The molecule has 1 aliphatic carbocycles. The molecular weight excluding hydrogens is 402 g/mol. The summed E-state index contributed by atoms with van der Waals surface area (Å²) < 4.78 is 7.27. The van der Waals surface area contributed by atoms with Crippen LogP contribution in [-0.2, 0) is 19.9 Å². The fourth-order valence-corrected chi connectivity index (χ4v) is 5.99. The molecule has 4 aromatic rings. The molecule has 8 heteroatoms. The summed E-state index contributed by atoms with van der Waals surface area (Å²) in [7, 11) is 3.66. The Labute approximate surface area is 177 Å². The Bertz CT molecular complexity index is 1170. The van der Waals surface area contributed by atoms with E-state index in [1.165, 1.54) is 35.1 Å². The molecule has 6 nitrogen and oxygen atoms in total. The molecule has 0 N–H and O–H groups in total. The van der Waals surface area contributed by atoms with E-state index in [2.05, 4.69) is 20.2 Å². The molecule has 0 radical (unpaired) electrons. The van der Waals surface area contributed by atoms with Crippen molar-refractivity contribution >= 4 is 33.3 Å². The lowest BCUT2D eigenvalue weighted by molar-refractivity contribution is 0.415. The predicted octanol–water partition coefficient (Wildman–Crippen LogP) is 4.92. The summed E-state index contributed by atoms with van der Waals surface area (Å²) in [5, 5.41) is 11.9. The fourth-order valence-electron chi connectivity index (χ4n) is 3.80. The lowest BCUT2D eigenvalue weighted by atomic mass is 10.1. The van der Waals surface area contributed by atoms with E-state index in [0.29, 0.717) is 0 Å². The number of aromatic nitrogens is 5. The number of thiophene rings is 1. The summed E-state index contributed by atoms with van der Waals surface area (Å²) in [6, 6.07) is 7.87. The molecule has 0 amide bonds. The second-order valence-electron chi connectivity index (χ2n) is 7.12. The van der Waals surface area contributed by atoms with Crippen LogP contribution in [0.4, 0.5) is 0 Å². The topological polar surface area (TPSA) is 65.7 Å². The number of hydrogen-bond donors (Lipinski definition) is 0. The van der Waals surface area contributed by atoms with Crippen LogP contribution in [-0.4, -0.2) is 31.8 Å². The van der Waals surface area contributed by atoms with Crippen LogP contribution in [0.1, 0.15) is 29.7 Å². The number of benzene rings is 1. The lowest BCUT2D eigenvalue weighted by Crippen LogP contribution is -1.96. The average Bonchev–Trinajstić information content (AvgIpc) is 3.20. The number of fused-ring (bicyclic) bond motifs is 3. The van der Waals surface area contributed by atoms with Crippen LogP contribution in [0.25, 0.3) is 21.6 Å². The van der Waals surface area contributed by atoms with Crippen molar-refractivity contribution in [2.24, 2.45) is 7.05 Å². The van der Waals surface area contributed by atoms with Crippen molar-refractivity contribution in [3.8, 4) is 17.1 Å². The predicted molar refractivity (Wildman–Crippen MR) is 116 cm³/mol. The smallest absolute Gasteiger partial charge is 0.197 e. The van der Waals surface area contributed by atoms with Crippen molar-refractivity contribution in [3.05, 3.63) is 41.0 Å². The third-order valence-electron chi connectivity index (χ3n) is 5.34. The summed E-state index contributed by atoms with van der Waals surface area (Å²) in [4.78, 5) is 11.7. The quantitative estimate of drug-likeness (QED) is 0.343. The van der Waals surface area contributed by atoms with Crippen molar-refractivity contribution in [1.29, 1.82) is 0 Å². The monoisotopic (exact) mass is 423 g/mol. The van der Waals surface area contributed by atoms with E-state index in [-0.39, 0.29) is 0 Å². The van der Waals surface area contributed by atoms with E-state index in [1.54, 1.807) is 25.2 Å². The summed E-state index contributed by atoms with van der Waals surface area (Å²) in [6.07, 6.45) is 7.75. The van der Waals surface area contributed by atoms with Gasteiger partial charge in [0.05, 0.1) is 7.11 Å². The molecule has 1 aromatic carbocycles. The average molecular weight is 424 g/mol. The molecule has 0 saturated carbocycles. The van der Waals surface area contributed by atoms with E-state index in [0.717, 1.165) is 45.0 Å². The van der Waals surface area contributed by atoms with E-state index < -0.39 is 0 Å². The first-order chi connectivity index (χ1) is 14.2. The Morgan fingerprint density at radius 3 is 2.69 bits per heavy atom. The van der Waals surface area contributed by atoms with Gasteiger partial charge in [0, 0.05) is 22.9 Å². The molecule has 3 heterocycles. The Hall–Kier alpha value is -2.45. The second kappa shape index (κ2) is 7.76. The van der Waals surface area contributed by atoms with Crippen LogP contribution in [0.3, 0.4) is 0 Å². The van der Waals surface area contributed by atoms with Crippen LogP contribution in [0.5, 0.6) is 5.75 Å². The molecule has 29 heavy (non-hydrogen) atoms. The maximum atomic E-state index is 5.25. The Morgan fingerprint density at radius 2 is 1.86 bits per heavy atom. The molecule has 3 aromatic heterocycles. The molecule has 0 bridgehead atoms. The van der Waals surface area contributed by atoms with Gasteiger partial charge in [-0.05, 0) is 67.3 Å². The van der Waals surface area contributed by atoms with E-state index in [4.69, 9.17) is 4.74 Å². The lowest BCUT2D eigenvalue weighted by Gasteiger charge is -2.06. The molecular formula is C21H21N5OS2. The molecule has 0 fully saturated rings. The molecule has 0 unspecified atom stereocenters. The van der Waals surface area contributed by atoms with Gasteiger partial charge in [0.25, 0.3) is 0 Å². The zero-order valence-electron chi connectivity index (χ0n) is 16.4. The third-order valence-corrected chi connectivity index (χ3v) is 7.58. The number of methoxy groups -OCH3 is 1. The van der Waals surface area contributed by atoms with Gasteiger partial charge in [0.1, 0.15) is 21.9 Å². The SMILES string of the molecule is COc1ccc(-c2nnc(Sc3ncnc4sc5c(c34)CCCCC5)n2C)cc1. The minimum Gasteiger partial charge on any atom is -0.497 e. The summed E-state index contributed by atoms with van der Waals surface area (Å²) in [5.41, 5.74) is 2.45. The highest BCUT2D eigenvalue weighted by atomic mass is 32.2. The van der Waals surface area contributed by atoms with Gasteiger partial charge < -0.3 is 9.30 Å². The van der Waals surface area contributed by atoms with Gasteiger partial charge in [-0.3, -0.25) is 0 Å². The number of ether oxygens (including phenoxy) is 1. The molecule has 1 aliphatic rings. The minimum absolute atomic E-state index is 0.824. The van der Waals surface area contributed by atoms with E-state index >= 15 is 0 Å². The Balaban J connectivity index is 1.51. The first-order valence-electron chi connectivity index (χ1n) is 9.71. The highest BCUT2D eigenvalue weighted by Crippen LogP contribution is 2.40. The number of rotatable bonds is 4. The summed E-state index contributed by atoms with van der Waals surface area (Å²) in [5.74, 6) is 1.65. The Morgan fingerprint density at radius 1 is 1.03 bits per heavy atom. The number of hydrogen-bond acceptors (Lipinski definition) is 7. The standard InChI is InChI=1S/C21H21N5OS2/c1-26-18(13-8-10-14(27-2)11-9-13)24-25-21(26)29-20-17-15-6-4-3-5-7-16(15)28-19(17)22-12-23-20/h8-12H,3-7H2,1-2H3. The zero-order chi connectivity index (χ0) is 19.8. The molecule has 148 valence electrons. The van der Waals surface area contributed by atoms with Crippen molar-refractivity contribution in [3.63, 3.8) is 0 Å². The van der Waals surface area contributed by atoms with Crippen molar-refractivity contribution in [1.82, 2.24) is 24.7 Å².